The van der Waals surface area contributed by atoms with Crippen LogP contribution in [0.15, 0.2) is 17.8 Å². The summed E-state index contributed by atoms with van der Waals surface area (Å²) in [6, 6.07) is 0. The van der Waals surface area contributed by atoms with Gasteiger partial charge in [-0.15, -0.1) is 6.58 Å². The zero-order valence-corrected chi connectivity index (χ0v) is 17.4. The number of nitrogens with zero attached hydrogens (tertiary/aromatic N) is 1. The van der Waals surface area contributed by atoms with Crippen LogP contribution in [0.2, 0.25) is 0 Å². The summed E-state index contributed by atoms with van der Waals surface area (Å²) >= 11 is 0.660. The Morgan fingerprint density at radius 1 is 1.33 bits per heavy atom. The van der Waals surface area contributed by atoms with E-state index in [1.54, 1.807) is 0 Å². The molecule has 0 aromatic carbocycles. The van der Waals surface area contributed by atoms with E-state index in [9.17, 15) is 28.3 Å². The first kappa shape index (κ1) is 27.1. The molecule has 1 heterocycles. The number of aliphatic hydroxyl groups is 4. The Labute approximate surface area is 185 Å². The molecule has 0 saturated carbocycles. The minimum absolute atomic E-state index is 0. The van der Waals surface area contributed by atoms with Gasteiger partial charge in [0.15, 0.2) is 0 Å². The Morgan fingerprint density at radius 3 is 2.38 bits per heavy atom. The van der Waals surface area contributed by atoms with Crippen molar-refractivity contribution in [3.63, 3.8) is 0 Å². The number of hydrogen-bond donors (Lipinski definition) is 4. The first-order valence-electron chi connectivity index (χ1n) is 5.99. The maximum atomic E-state index is 10.4. The summed E-state index contributed by atoms with van der Waals surface area (Å²) in [6.45, 7) is 2.80. The molecule has 1 rings (SSSR count). The average Bonchev–Trinajstić information content (AvgIpc) is 2.44. The van der Waals surface area contributed by atoms with Crippen molar-refractivity contribution in [1.82, 2.24) is 0 Å². The van der Waals surface area contributed by atoms with Gasteiger partial charge in [0.05, 0.1) is 6.61 Å². The number of thioether (sulfide) groups is 1. The van der Waals surface area contributed by atoms with Gasteiger partial charge in [0.25, 0.3) is 10.4 Å². The van der Waals surface area contributed by atoms with Crippen LogP contribution in [0.3, 0.4) is 0 Å². The summed E-state index contributed by atoms with van der Waals surface area (Å²) in [5.74, 6) is 0. The molecule has 3 unspecified atom stereocenters. The standard InChI is InChI=1S/C10H17NO9S2.K.H2O/c1-2-3-6(11-20-22(16,17)18)21-10-9(15)8(14)7(13)5(4-12)19-10;;/h2,5,7-10,12-15H,1,3-4H2,(H,16,17,18);;1H2/q;+1;/p-1/b11-6-;;/t5?,7-,8?,9?,10+;;/m1../s1. The summed E-state index contributed by atoms with van der Waals surface area (Å²) in [7, 11) is -5.04. The minimum Gasteiger partial charge on any atom is -0.714 e. The summed E-state index contributed by atoms with van der Waals surface area (Å²) in [6.07, 6.45) is -4.44. The molecule has 1 aliphatic heterocycles. The third kappa shape index (κ3) is 8.50. The Kier molecular flexibility index (Phi) is 13.9. The minimum atomic E-state index is -5.04. The first-order chi connectivity index (χ1) is 10.2. The van der Waals surface area contributed by atoms with Crippen molar-refractivity contribution < 1.29 is 99.3 Å². The van der Waals surface area contributed by atoms with Gasteiger partial charge in [0, 0.05) is 6.42 Å². The normalized spacial score (nSPS) is 30.7. The predicted molar refractivity (Wildman–Crippen MR) is 78.0 cm³/mol. The van der Waals surface area contributed by atoms with Crippen LogP contribution in [0.4, 0.5) is 0 Å². The number of hydrogen-bond acceptors (Lipinski definition) is 11. The smallest absolute Gasteiger partial charge is 0.714 e. The van der Waals surface area contributed by atoms with Gasteiger partial charge >= 0.3 is 51.4 Å². The van der Waals surface area contributed by atoms with Crippen molar-refractivity contribution in [2.24, 2.45) is 5.16 Å². The van der Waals surface area contributed by atoms with E-state index in [0.717, 1.165) is 0 Å². The van der Waals surface area contributed by atoms with E-state index in [0.29, 0.717) is 11.8 Å². The van der Waals surface area contributed by atoms with Crippen LogP contribution >= 0.6 is 11.8 Å². The Bertz CT molecular complexity index is 514. The molecule has 0 aromatic rings. The fourth-order valence-corrected chi connectivity index (χ4v) is 2.91. The average molecular weight is 415 g/mol. The molecule has 0 aromatic heterocycles. The molecular formula is C10H18KNO10S2. The topological polar surface area (TPSA) is 200 Å². The van der Waals surface area contributed by atoms with Crippen molar-refractivity contribution >= 4 is 27.2 Å². The summed E-state index contributed by atoms with van der Waals surface area (Å²) in [4.78, 5) is 0. The van der Waals surface area contributed by atoms with Gasteiger partial charge in [0.1, 0.15) is 34.9 Å². The molecule has 136 valence electrons. The van der Waals surface area contributed by atoms with Gasteiger partial charge in [-0.25, -0.2) is 0 Å². The monoisotopic (exact) mass is 415 g/mol. The largest absolute Gasteiger partial charge is 1.00 e. The van der Waals surface area contributed by atoms with Crippen molar-refractivity contribution in [2.45, 2.75) is 36.3 Å². The van der Waals surface area contributed by atoms with Crippen LogP contribution in [-0.2, 0) is 19.4 Å². The van der Waals surface area contributed by atoms with Crippen molar-refractivity contribution in [1.29, 1.82) is 0 Å². The third-order valence-corrected chi connectivity index (χ3v) is 4.04. The van der Waals surface area contributed by atoms with Gasteiger partial charge in [-0.05, 0) is 0 Å². The fraction of sp³-hybridized carbons (Fsp3) is 0.700. The van der Waals surface area contributed by atoms with Gasteiger partial charge < -0.3 is 35.2 Å². The van der Waals surface area contributed by atoms with Gasteiger partial charge in [-0.2, -0.15) is 8.42 Å². The molecule has 1 fully saturated rings. The van der Waals surface area contributed by atoms with Gasteiger partial charge in [0.2, 0.25) is 0 Å². The maximum Gasteiger partial charge on any atom is 1.00 e. The van der Waals surface area contributed by atoms with Crippen LogP contribution in [-0.4, -0.2) is 80.4 Å². The molecule has 0 bridgehead atoms. The Morgan fingerprint density at radius 2 is 1.92 bits per heavy atom. The zero-order valence-electron chi connectivity index (χ0n) is 12.7. The van der Waals surface area contributed by atoms with Gasteiger partial charge in [-0.3, -0.25) is 4.28 Å². The molecule has 24 heavy (non-hydrogen) atoms. The maximum absolute atomic E-state index is 10.4. The van der Waals surface area contributed by atoms with Crippen LogP contribution < -0.4 is 51.4 Å². The molecular weight excluding hydrogens is 397 g/mol. The number of rotatable bonds is 6. The second-order valence-electron chi connectivity index (χ2n) is 4.28. The van der Waals surface area contributed by atoms with E-state index in [1.165, 1.54) is 6.08 Å². The molecule has 6 N–H and O–H groups in total. The van der Waals surface area contributed by atoms with E-state index in [2.05, 4.69) is 16.0 Å². The van der Waals surface area contributed by atoms with Crippen LogP contribution in [0, 0.1) is 0 Å². The SMILES string of the molecule is C=CC/C(=N/OS(=O)(=O)[O-])S[C@@H]1OC(CO)[C@@H](O)C(O)C1O.O.[K+]. The molecule has 14 heteroatoms. The fourth-order valence-electron chi connectivity index (χ4n) is 1.62. The van der Waals surface area contributed by atoms with E-state index in [4.69, 9.17) is 9.84 Å². The number of ether oxygens (including phenoxy) is 1. The molecule has 11 nitrogen and oxygen atoms in total. The number of oxime groups is 1. The Balaban J connectivity index is 0. The number of aliphatic hydroxyl groups excluding tert-OH is 4. The first-order valence-corrected chi connectivity index (χ1v) is 8.20. The van der Waals surface area contributed by atoms with Crippen LogP contribution in [0.25, 0.3) is 0 Å². The summed E-state index contributed by atoms with van der Waals surface area (Å²) in [5, 5.41) is 41.2. The quantitative estimate of drug-likeness (QED) is 0.0615. The number of allylic oxidation sites excluding steroid dienone is 1. The molecule has 0 amide bonds. The molecule has 0 aliphatic carbocycles. The molecule has 1 saturated heterocycles. The zero-order chi connectivity index (χ0) is 16.9. The summed E-state index contributed by atoms with van der Waals surface area (Å²) in [5.41, 5.74) is -1.17. The van der Waals surface area contributed by atoms with Crippen molar-refractivity contribution in [2.75, 3.05) is 6.61 Å². The summed E-state index contributed by atoms with van der Waals surface area (Å²) < 4.78 is 40.1. The van der Waals surface area contributed by atoms with Crippen molar-refractivity contribution in [3.05, 3.63) is 12.7 Å². The van der Waals surface area contributed by atoms with E-state index < -0.39 is 46.9 Å². The van der Waals surface area contributed by atoms with Gasteiger partial charge in [-0.1, -0.05) is 23.0 Å². The van der Waals surface area contributed by atoms with Crippen LogP contribution in [0.5, 0.6) is 0 Å². The van der Waals surface area contributed by atoms with E-state index in [1.807, 2.05) is 0 Å². The predicted octanol–water partition coefficient (Wildman–Crippen LogP) is -5.93. The van der Waals surface area contributed by atoms with E-state index in [-0.39, 0.29) is 68.3 Å². The Hall–Kier alpha value is 0.866. The molecule has 5 atom stereocenters. The second-order valence-corrected chi connectivity index (χ2v) is 6.41. The van der Waals surface area contributed by atoms with Crippen molar-refractivity contribution in [3.8, 4) is 0 Å². The molecule has 1 aliphatic rings. The third-order valence-electron chi connectivity index (χ3n) is 2.65. The van der Waals surface area contributed by atoms with E-state index >= 15 is 0 Å². The second kappa shape index (κ2) is 12.3. The molecule has 0 radical (unpaired) electrons. The van der Waals surface area contributed by atoms with Crippen LogP contribution in [0.1, 0.15) is 6.42 Å². The molecule has 0 spiro atoms.